The summed E-state index contributed by atoms with van der Waals surface area (Å²) in [5, 5.41) is 0. The quantitative estimate of drug-likeness (QED) is 0.537. The summed E-state index contributed by atoms with van der Waals surface area (Å²) < 4.78 is 5.52. The Morgan fingerprint density at radius 1 is 1.25 bits per heavy atom. The number of benzene rings is 1. The number of esters is 1. The minimum absolute atomic E-state index is 0.0392. The number of hydrogen-bond donors (Lipinski definition) is 0. The van der Waals surface area contributed by atoms with Crippen LogP contribution in [0.25, 0.3) is 0 Å². The van der Waals surface area contributed by atoms with Gasteiger partial charge in [0.1, 0.15) is 6.10 Å². The normalized spacial score (nSPS) is 13.6. The first-order valence-electron chi connectivity index (χ1n) is 6.78. The van der Waals surface area contributed by atoms with Crippen LogP contribution in [0, 0.1) is 0 Å². The van der Waals surface area contributed by atoms with Crippen molar-refractivity contribution in [3.05, 3.63) is 61.2 Å². The fourth-order valence-corrected chi connectivity index (χ4v) is 2.20. The van der Waals surface area contributed by atoms with Crippen molar-refractivity contribution in [3.8, 4) is 0 Å². The van der Waals surface area contributed by atoms with Crippen LogP contribution in [0.5, 0.6) is 0 Å². The summed E-state index contributed by atoms with van der Waals surface area (Å²) in [6.07, 6.45) is 3.39. The molecule has 1 rings (SSSR count). The lowest BCUT2D eigenvalue weighted by Crippen LogP contribution is -2.39. The molecule has 0 N–H and O–H groups in total. The van der Waals surface area contributed by atoms with Gasteiger partial charge in [0.15, 0.2) is 0 Å². The molecule has 1 aromatic carbocycles. The van der Waals surface area contributed by atoms with E-state index in [1.807, 2.05) is 49.4 Å². The second-order valence-corrected chi connectivity index (χ2v) is 4.71. The molecule has 0 aromatic heterocycles. The van der Waals surface area contributed by atoms with Crippen LogP contribution in [0.15, 0.2) is 55.6 Å². The maximum absolute atomic E-state index is 11.4. The Bertz CT molecular complexity index is 432. The summed E-state index contributed by atoms with van der Waals surface area (Å²) in [5.74, 6) is -0.275. The highest BCUT2D eigenvalue weighted by Gasteiger charge is 2.26. The first-order valence-corrected chi connectivity index (χ1v) is 6.78. The molecule has 108 valence electrons. The molecule has 0 fully saturated rings. The molecule has 0 radical (unpaired) electrons. The van der Waals surface area contributed by atoms with E-state index in [9.17, 15) is 4.79 Å². The topological polar surface area (TPSA) is 29.5 Å². The molecule has 0 amide bonds. The van der Waals surface area contributed by atoms with E-state index in [2.05, 4.69) is 18.1 Å². The Kier molecular flexibility index (Phi) is 6.74. The number of rotatable bonds is 8. The lowest BCUT2D eigenvalue weighted by atomic mass is 10.0. The van der Waals surface area contributed by atoms with Gasteiger partial charge in [-0.15, -0.1) is 13.2 Å². The van der Waals surface area contributed by atoms with Crippen LogP contribution in [0.3, 0.4) is 0 Å². The lowest BCUT2D eigenvalue weighted by molar-refractivity contribution is -0.150. The number of carbonyl (C=O) groups excluding carboxylic acids is 1. The Morgan fingerprint density at radius 3 is 2.25 bits per heavy atom. The van der Waals surface area contributed by atoms with Gasteiger partial charge in [-0.05, 0) is 12.5 Å². The third-order valence-corrected chi connectivity index (χ3v) is 3.16. The van der Waals surface area contributed by atoms with Crippen LogP contribution in [-0.4, -0.2) is 30.0 Å². The Balaban J connectivity index is 2.99. The smallest absolute Gasteiger partial charge is 0.303 e. The SMILES string of the molecule is C=CCN(CC=C)[C@@H](C)[C@@H](OC(C)=O)c1ccccc1. The molecule has 0 aliphatic rings. The van der Waals surface area contributed by atoms with Crippen molar-refractivity contribution in [2.45, 2.75) is 26.0 Å². The van der Waals surface area contributed by atoms with Gasteiger partial charge in [0, 0.05) is 26.1 Å². The van der Waals surface area contributed by atoms with E-state index < -0.39 is 0 Å². The van der Waals surface area contributed by atoms with E-state index in [-0.39, 0.29) is 18.1 Å². The first-order chi connectivity index (χ1) is 9.60. The van der Waals surface area contributed by atoms with Gasteiger partial charge in [0.25, 0.3) is 0 Å². The summed E-state index contributed by atoms with van der Waals surface area (Å²) >= 11 is 0. The van der Waals surface area contributed by atoms with Gasteiger partial charge >= 0.3 is 5.97 Å². The molecule has 0 saturated heterocycles. The van der Waals surface area contributed by atoms with Crippen molar-refractivity contribution in [3.63, 3.8) is 0 Å². The number of ether oxygens (including phenoxy) is 1. The predicted molar refractivity (Wildman–Crippen MR) is 82.4 cm³/mol. The maximum Gasteiger partial charge on any atom is 0.303 e. The van der Waals surface area contributed by atoms with Crippen molar-refractivity contribution in [1.29, 1.82) is 0 Å². The average Bonchev–Trinajstić information content (AvgIpc) is 2.44. The molecule has 3 nitrogen and oxygen atoms in total. The Morgan fingerprint density at radius 2 is 1.80 bits per heavy atom. The van der Waals surface area contributed by atoms with Crippen LogP contribution in [0.4, 0.5) is 0 Å². The van der Waals surface area contributed by atoms with Crippen LogP contribution in [-0.2, 0) is 9.53 Å². The van der Waals surface area contributed by atoms with Crippen molar-refractivity contribution >= 4 is 5.97 Å². The zero-order valence-corrected chi connectivity index (χ0v) is 12.3. The Labute approximate surface area is 121 Å². The average molecular weight is 273 g/mol. The highest BCUT2D eigenvalue weighted by Crippen LogP contribution is 2.25. The van der Waals surface area contributed by atoms with E-state index in [1.165, 1.54) is 6.92 Å². The standard InChI is InChI=1S/C17H23NO2/c1-5-12-18(13-6-2)14(3)17(20-15(4)19)16-10-8-7-9-11-16/h5-11,14,17H,1-2,12-13H2,3-4H3/t14-,17+/m0/s1. The first kappa shape index (κ1) is 16.2. The minimum Gasteiger partial charge on any atom is -0.456 e. The number of nitrogens with zero attached hydrogens (tertiary/aromatic N) is 1. The third-order valence-electron chi connectivity index (χ3n) is 3.16. The van der Waals surface area contributed by atoms with Crippen molar-refractivity contribution < 1.29 is 9.53 Å². The van der Waals surface area contributed by atoms with Crippen LogP contribution in [0.2, 0.25) is 0 Å². The maximum atomic E-state index is 11.4. The molecule has 0 saturated carbocycles. The van der Waals surface area contributed by atoms with Crippen LogP contribution in [0.1, 0.15) is 25.5 Å². The van der Waals surface area contributed by atoms with Gasteiger partial charge in [-0.25, -0.2) is 0 Å². The molecule has 0 heterocycles. The second kappa shape index (κ2) is 8.33. The highest BCUT2D eigenvalue weighted by molar-refractivity contribution is 5.66. The van der Waals surface area contributed by atoms with E-state index in [0.717, 1.165) is 18.7 Å². The van der Waals surface area contributed by atoms with E-state index in [4.69, 9.17) is 4.74 Å². The fourth-order valence-electron chi connectivity index (χ4n) is 2.20. The van der Waals surface area contributed by atoms with Crippen LogP contribution < -0.4 is 0 Å². The van der Waals surface area contributed by atoms with E-state index in [0.29, 0.717) is 0 Å². The van der Waals surface area contributed by atoms with Gasteiger partial charge in [0.05, 0.1) is 0 Å². The molecular weight excluding hydrogens is 250 g/mol. The van der Waals surface area contributed by atoms with E-state index >= 15 is 0 Å². The molecule has 0 unspecified atom stereocenters. The van der Waals surface area contributed by atoms with Crippen molar-refractivity contribution in [2.75, 3.05) is 13.1 Å². The summed E-state index contributed by atoms with van der Waals surface area (Å²) in [6, 6.07) is 9.84. The summed E-state index contributed by atoms with van der Waals surface area (Å²) in [7, 11) is 0. The molecule has 2 atom stereocenters. The molecule has 0 aliphatic carbocycles. The number of hydrogen-bond acceptors (Lipinski definition) is 3. The Hall–Kier alpha value is -1.87. The molecule has 0 bridgehead atoms. The zero-order chi connectivity index (χ0) is 15.0. The largest absolute Gasteiger partial charge is 0.456 e. The summed E-state index contributed by atoms with van der Waals surface area (Å²) in [6.45, 7) is 12.5. The van der Waals surface area contributed by atoms with Gasteiger partial charge in [-0.3, -0.25) is 9.69 Å². The molecule has 1 aromatic rings. The van der Waals surface area contributed by atoms with E-state index in [1.54, 1.807) is 0 Å². The monoisotopic (exact) mass is 273 g/mol. The van der Waals surface area contributed by atoms with Crippen LogP contribution >= 0.6 is 0 Å². The predicted octanol–water partition coefficient (Wildman–Crippen LogP) is 3.35. The highest BCUT2D eigenvalue weighted by atomic mass is 16.5. The van der Waals surface area contributed by atoms with Gasteiger partial charge in [0.2, 0.25) is 0 Å². The second-order valence-electron chi connectivity index (χ2n) is 4.71. The fraction of sp³-hybridized carbons (Fsp3) is 0.353. The lowest BCUT2D eigenvalue weighted by Gasteiger charge is -2.33. The van der Waals surface area contributed by atoms with Gasteiger partial charge < -0.3 is 4.74 Å². The summed E-state index contributed by atoms with van der Waals surface area (Å²) in [5.41, 5.74) is 0.994. The molecule has 3 heteroatoms. The minimum atomic E-state index is -0.298. The number of carbonyl (C=O) groups is 1. The van der Waals surface area contributed by atoms with Gasteiger partial charge in [-0.2, -0.15) is 0 Å². The molecule has 20 heavy (non-hydrogen) atoms. The summed E-state index contributed by atoms with van der Waals surface area (Å²) in [4.78, 5) is 13.6. The van der Waals surface area contributed by atoms with Gasteiger partial charge in [-0.1, -0.05) is 42.5 Å². The third kappa shape index (κ3) is 4.67. The zero-order valence-electron chi connectivity index (χ0n) is 12.3. The molecular formula is C17H23NO2. The van der Waals surface area contributed by atoms with Crippen molar-refractivity contribution in [1.82, 2.24) is 4.90 Å². The van der Waals surface area contributed by atoms with Crippen molar-refractivity contribution in [2.24, 2.45) is 0 Å². The molecule has 0 spiro atoms. The molecule has 0 aliphatic heterocycles.